The van der Waals surface area contributed by atoms with Gasteiger partial charge in [-0.3, -0.25) is 0 Å². The topological polar surface area (TPSA) is 0 Å². The third kappa shape index (κ3) is 5.37. The van der Waals surface area contributed by atoms with Gasteiger partial charge in [-0.15, -0.1) is 0 Å². The average molecular weight is 169 g/mol. The van der Waals surface area contributed by atoms with E-state index in [1.807, 2.05) is 11.8 Å². The summed E-state index contributed by atoms with van der Waals surface area (Å²) in [5, 5.41) is 0. The van der Waals surface area contributed by atoms with Gasteiger partial charge in [0.25, 0.3) is 0 Å². The van der Waals surface area contributed by atoms with E-state index in [0.29, 0.717) is 0 Å². The third-order valence-electron chi connectivity index (χ3n) is 1.86. The molecule has 11 heavy (non-hydrogen) atoms. The first-order valence-corrected chi connectivity index (χ1v) is 5.82. The van der Waals surface area contributed by atoms with Gasteiger partial charge in [0.2, 0.25) is 0 Å². The Hall–Kier alpha value is 0.0900. The van der Waals surface area contributed by atoms with Gasteiger partial charge in [0.05, 0.1) is 0 Å². The zero-order valence-electron chi connectivity index (χ0n) is 7.25. The Kier molecular flexibility index (Phi) is 4.76. The third-order valence-corrected chi connectivity index (χ3v) is 2.56. The van der Waals surface area contributed by atoms with Crippen molar-refractivity contribution in [2.75, 3.05) is 12.0 Å². The van der Waals surface area contributed by atoms with Crippen LogP contribution >= 0.6 is 11.8 Å². The number of rotatable bonds is 6. The Morgan fingerprint density at radius 3 is 3.00 bits per heavy atom. The van der Waals surface area contributed by atoms with Crippen molar-refractivity contribution in [3.63, 3.8) is 0 Å². The fourth-order valence-electron chi connectivity index (χ4n) is 1.02. The number of unbranched alkanes of at least 4 members (excludes halogenated alkanes) is 2. The van der Waals surface area contributed by atoms with Crippen LogP contribution in [-0.4, -0.2) is 12.0 Å². The maximum Gasteiger partial charge on any atom is -0.00702 e. The van der Waals surface area contributed by atoms with E-state index in [1.54, 1.807) is 0 Å². The first-order valence-electron chi connectivity index (χ1n) is 4.42. The van der Waals surface area contributed by atoms with Crippen LogP contribution < -0.4 is 0 Å². The van der Waals surface area contributed by atoms with Crippen molar-refractivity contribution in [1.29, 1.82) is 0 Å². The minimum absolute atomic E-state index is 0.843. The van der Waals surface area contributed by atoms with E-state index in [-0.39, 0.29) is 0 Å². The van der Waals surface area contributed by atoms with Crippen LogP contribution in [0.25, 0.3) is 0 Å². The zero-order chi connectivity index (χ0) is 7.94. The fraction of sp³-hybridized carbons (Fsp3) is 0.700. The van der Waals surface area contributed by atoms with Crippen LogP contribution in [0.15, 0.2) is 12.2 Å². The molecular formula is C10H17S. The smallest absolute Gasteiger partial charge is 0.00702 e. The molecule has 0 nitrogen and oxygen atoms in total. The Labute approximate surface area is 74.5 Å². The Morgan fingerprint density at radius 1 is 1.55 bits per heavy atom. The van der Waals surface area contributed by atoms with E-state index in [9.17, 15) is 0 Å². The lowest BCUT2D eigenvalue weighted by Gasteiger charge is -1.93. The molecule has 0 bridgehead atoms. The number of hydrogen-bond donors (Lipinski definition) is 0. The molecule has 0 heterocycles. The standard InChI is InChI=1S/C10H17S/c1-11-9-5-3-2-4-6-10-7-8-10/h4,6-7,10H,2-3,5,8-9H2,1H3. The van der Waals surface area contributed by atoms with Crippen LogP contribution in [0.4, 0.5) is 0 Å². The number of allylic oxidation sites excluding steroid dienone is 2. The van der Waals surface area contributed by atoms with E-state index in [0.717, 1.165) is 5.92 Å². The summed E-state index contributed by atoms with van der Waals surface area (Å²) in [6.07, 6.45) is 14.6. The van der Waals surface area contributed by atoms with Gasteiger partial charge in [0.15, 0.2) is 0 Å². The number of hydrogen-bond acceptors (Lipinski definition) is 1. The van der Waals surface area contributed by atoms with Crippen molar-refractivity contribution in [3.8, 4) is 0 Å². The van der Waals surface area contributed by atoms with E-state index >= 15 is 0 Å². The van der Waals surface area contributed by atoms with Crippen LogP contribution in [-0.2, 0) is 0 Å². The zero-order valence-corrected chi connectivity index (χ0v) is 8.07. The molecule has 0 aromatic heterocycles. The predicted octanol–water partition coefficient (Wildman–Crippen LogP) is 3.30. The molecular weight excluding hydrogens is 152 g/mol. The van der Waals surface area contributed by atoms with Gasteiger partial charge in [-0.05, 0) is 50.0 Å². The monoisotopic (exact) mass is 169 g/mol. The summed E-state index contributed by atoms with van der Waals surface area (Å²) >= 11 is 1.95. The molecule has 0 aromatic carbocycles. The summed E-state index contributed by atoms with van der Waals surface area (Å²) in [6.45, 7) is 0. The van der Waals surface area contributed by atoms with Crippen LogP contribution in [0.1, 0.15) is 25.7 Å². The van der Waals surface area contributed by atoms with E-state index in [2.05, 4.69) is 24.8 Å². The summed E-state index contributed by atoms with van der Waals surface area (Å²) in [7, 11) is 0. The van der Waals surface area contributed by atoms with Crippen molar-refractivity contribution in [2.24, 2.45) is 5.92 Å². The second kappa shape index (κ2) is 5.70. The van der Waals surface area contributed by atoms with Crippen LogP contribution in [0.5, 0.6) is 0 Å². The van der Waals surface area contributed by atoms with Crippen LogP contribution in [0.3, 0.4) is 0 Å². The summed E-state index contributed by atoms with van der Waals surface area (Å²) in [5.74, 6) is 2.17. The van der Waals surface area contributed by atoms with Crippen LogP contribution in [0.2, 0.25) is 0 Å². The highest BCUT2D eigenvalue weighted by molar-refractivity contribution is 7.98. The molecule has 1 aliphatic rings. The molecule has 1 fully saturated rings. The molecule has 63 valence electrons. The molecule has 1 heteroatoms. The Bertz CT molecular complexity index is 114. The minimum atomic E-state index is 0.843. The lowest BCUT2D eigenvalue weighted by Crippen LogP contribution is -1.77. The number of thioether (sulfide) groups is 1. The Morgan fingerprint density at radius 2 is 2.36 bits per heavy atom. The second-order valence-electron chi connectivity index (χ2n) is 3.05. The predicted molar refractivity (Wildman–Crippen MR) is 53.8 cm³/mol. The van der Waals surface area contributed by atoms with Gasteiger partial charge in [0.1, 0.15) is 0 Å². The van der Waals surface area contributed by atoms with E-state index in [1.165, 1.54) is 31.4 Å². The highest BCUT2D eigenvalue weighted by Crippen LogP contribution is 2.28. The first-order chi connectivity index (χ1) is 5.43. The maximum atomic E-state index is 2.35. The summed E-state index contributed by atoms with van der Waals surface area (Å²) < 4.78 is 0. The van der Waals surface area contributed by atoms with Crippen LogP contribution in [0, 0.1) is 12.3 Å². The fourth-order valence-corrected chi connectivity index (χ4v) is 1.51. The minimum Gasteiger partial charge on any atom is -0.165 e. The largest absolute Gasteiger partial charge is 0.165 e. The Balaban J connectivity index is 1.79. The molecule has 0 aliphatic heterocycles. The average Bonchev–Trinajstić information content (AvgIpc) is 2.80. The molecule has 1 unspecified atom stereocenters. The van der Waals surface area contributed by atoms with Crippen molar-refractivity contribution in [3.05, 3.63) is 18.6 Å². The first kappa shape index (κ1) is 9.18. The summed E-state index contributed by atoms with van der Waals surface area (Å²) in [4.78, 5) is 0. The summed E-state index contributed by atoms with van der Waals surface area (Å²) in [6, 6.07) is 0. The molecule has 1 saturated carbocycles. The molecule has 1 atom stereocenters. The van der Waals surface area contributed by atoms with Gasteiger partial charge < -0.3 is 0 Å². The molecule has 0 amide bonds. The van der Waals surface area contributed by atoms with Gasteiger partial charge in [-0.2, -0.15) is 11.8 Å². The molecule has 1 radical (unpaired) electrons. The second-order valence-corrected chi connectivity index (χ2v) is 4.04. The highest BCUT2D eigenvalue weighted by atomic mass is 32.2. The van der Waals surface area contributed by atoms with Gasteiger partial charge in [-0.1, -0.05) is 12.2 Å². The van der Waals surface area contributed by atoms with Gasteiger partial charge in [0, 0.05) is 0 Å². The maximum absolute atomic E-state index is 2.35. The molecule has 1 aliphatic carbocycles. The van der Waals surface area contributed by atoms with Crippen molar-refractivity contribution in [1.82, 2.24) is 0 Å². The lowest BCUT2D eigenvalue weighted by atomic mass is 10.2. The molecule has 0 saturated heterocycles. The SMILES string of the molecule is CSCCCCC=CC1[CH]C1. The quantitative estimate of drug-likeness (QED) is 0.434. The highest BCUT2D eigenvalue weighted by Gasteiger charge is 2.16. The van der Waals surface area contributed by atoms with Crippen molar-refractivity contribution >= 4 is 11.8 Å². The normalized spacial score (nSPS) is 17.9. The summed E-state index contributed by atoms with van der Waals surface area (Å²) in [5.41, 5.74) is 0. The van der Waals surface area contributed by atoms with E-state index < -0.39 is 0 Å². The van der Waals surface area contributed by atoms with Crippen molar-refractivity contribution in [2.45, 2.75) is 25.7 Å². The van der Waals surface area contributed by atoms with Gasteiger partial charge >= 0.3 is 0 Å². The van der Waals surface area contributed by atoms with E-state index in [4.69, 9.17) is 0 Å². The molecule has 0 spiro atoms. The molecule has 1 rings (SSSR count). The van der Waals surface area contributed by atoms with Crippen molar-refractivity contribution < 1.29 is 0 Å². The lowest BCUT2D eigenvalue weighted by molar-refractivity contribution is 0.820. The molecule has 0 aromatic rings. The molecule has 0 N–H and O–H groups in total. The van der Waals surface area contributed by atoms with Gasteiger partial charge in [-0.25, -0.2) is 0 Å².